The predicted molar refractivity (Wildman–Crippen MR) is 101 cm³/mol. The largest absolute Gasteiger partial charge is 0.483 e. The van der Waals surface area contributed by atoms with Gasteiger partial charge in [-0.05, 0) is 38.2 Å². The first-order valence-electron chi connectivity index (χ1n) is 10.0. The molecule has 2 aliphatic heterocycles. The molecule has 3 unspecified atom stereocenters. The van der Waals surface area contributed by atoms with E-state index in [-0.39, 0.29) is 42.4 Å². The van der Waals surface area contributed by atoms with E-state index in [2.05, 4.69) is 0 Å². The molecule has 1 N–H and O–H groups in total. The number of carboxylic acid groups (broad SMARTS) is 1. The zero-order chi connectivity index (χ0) is 19.8. The monoisotopic (exact) mass is 383 g/mol. The van der Waals surface area contributed by atoms with E-state index in [1.54, 1.807) is 4.90 Å². The molecule has 1 aliphatic carbocycles. The van der Waals surface area contributed by atoms with Gasteiger partial charge < -0.3 is 14.7 Å². The highest BCUT2D eigenvalue weighted by Crippen LogP contribution is 2.46. The molecule has 6 nitrogen and oxygen atoms in total. The van der Waals surface area contributed by atoms with Gasteiger partial charge in [-0.15, -0.1) is 0 Å². The average Bonchev–Trinajstić information content (AvgIpc) is 2.95. The fourth-order valence-electron chi connectivity index (χ4n) is 4.62. The summed E-state index contributed by atoms with van der Waals surface area (Å²) in [7, 11) is 0. The van der Waals surface area contributed by atoms with Gasteiger partial charge in [0.15, 0.2) is 11.5 Å². The third-order valence-electron chi connectivity index (χ3n) is 6.04. The summed E-state index contributed by atoms with van der Waals surface area (Å²) in [5.74, 6) is -1.13. The second-order valence-electron chi connectivity index (χ2n) is 7.96. The van der Waals surface area contributed by atoms with Gasteiger partial charge in [0, 0.05) is 13.0 Å². The van der Waals surface area contributed by atoms with Gasteiger partial charge in [0.05, 0.1) is 17.5 Å². The third kappa shape index (κ3) is 3.21. The molecule has 2 heterocycles. The van der Waals surface area contributed by atoms with Crippen molar-refractivity contribution in [1.29, 1.82) is 0 Å². The number of ketones is 1. The maximum atomic E-state index is 13.4. The van der Waals surface area contributed by atoms with E-state index in [4.69, 9.17) is 9.84 Å². The smallest absolute Gasteiger partial charge is 0.303 e. The SMILES string of the molecule is Cc1ccc(C2C3=C(OC4CCCCC4C3=O)C(=O)N2CCCC(=O)O)cc1. The molecule has 0 radical (unpaired) electrons. The number of carbonyl (C=O) groups excluding carboxylic acids is 2. The molecule has 0 saturated heterocycles. The summed E-state index contributed by atoms with van der Waals surface area (Å²) in [6.07, 6.45) is 3.73. The lowest BCUT2D eigenvalue weighted by atomic mass is 9.77. The summed E-state index contributed by atoms with van der Waals surface area (Å²) in [4.78, 5) is 39.0. The average molecular weight is 383 g/mol. The molecule has 6 heteroatoms. The van der Waals surface area contributed by atoms with Crippen molar-refractivity contribution in [1.82, 2.24) is 4.90 Å². The van der Waals surface area contributed by atoms with E-state index < -0.39 is 12.0 Å². The van der Waals surface area contributed by atoms with E-state index in [0.717, 1.165) is 36.8 Å². The Balaban J connectivity index is 1.71. The zero-order valence-corrected chi connectivity index (χ0v) is 16.0. The zero-order valence-electron chi connectivity index (χ0n) is 16.0. The summed E-state index contributed by atoms with van der Waals surface area (Å²) in [5, 5.41) is 8.96. The van der Waals surface area contributed by atoms with Crippen molar-refractivity contribution in [3.63, 3.8) is 0 Å². The van der Waals surface area contributed by atoms with Gasteiger partial charge in [-0.2, -0.15) is 0 Å². The number of nitrogens with zero attached hydrogens (tertiary/aromatic N) is 1. The first-order valence-corrected chi connectivity index (χ1v) is 10.0. The molecule has 1 saturated carbocycles. The van der Waals surface area contributed by atoms with E-state index in [1.165, 1.54) is 0 Å². The Kier molecular flexibility index (Phi) is 4.96. The molecule has 0 bridgehead atoms. The molecule has 0 spiro atoms. The van der Waals surface area contributed by atoms with Crippen LogP contribution in [0.1, 0.15) is 55.7 Å². The lowest BCUT2D eigenvalue weighted by Gasteiger charge is -2.35. The lowest BCUT2D eigenvalue weighted by Crippen LogP contribution is -2.39. The van der Waals surface area contributed by atoms with Gasteiger partial charge in [-0.25, -0.2) is 0 Å². The number of ether oxygens (including phenoxy) is 1. The third-order valence-corrected chi connectivity index (χ3v) is 6.04. The van der Waals surface area contributed by atoms with Crippen LogP contribution in [-0.4, -0.2) is 40.3 Å². The summed E-state index contributed by atoms with van der Waals surface area (Å²) >= 11 is 0. The molecule has 0 aromatic heterocycles. The molecule has 1 fully saturated rings. The fraction of sp³-hybridized carbons (Fsp3) is 0.500. The maximum Gasteiger partial charge on any atom is 0.303 e. The van der Waals surface area contributed by atoms with Crippen molar-refractivity contribution in [2.75, 3.05) is 6.54 Å². The Morgan fingerprint density at radius 1 is 1.18 bits per heavy atom. The topological polar surface area (TPSA) is 83.9 Å². The van der Waals surface area contributed by atoms with Crippen molar-refractivity contribution in [3.05, 3.63) is 46.7 Å². The number of fused-ring (bicyclic) bond motifs is 1. The molecular formula is C22H25NO5. The normalized spacial score (nSPS) is 26.8. The first kappa shape index (κ1) is 18.7. The number of carbonyl (C=O) groups is 3. The van der Waals surface area contributed by atoms with Crippen LogP contribution >= 0.6 is 0 Å². The highest BCUT2D eigenvalue weighted by Gasteiger charge is 2.51. The number of benzene rings is 1. The van der Waals surface area contributed by atoms with Crippen LogP contribution in [0.15, 0.2) is 35.6 Å². The molecule has 3 aliphatic rings. The van der Waals surface area contributed by atoms with E-state index in [0.29, 0.717) is 12.0 Å². The quantitative estimate of drug-likeness (QED) is 0.844. The summed E-state index contributed by atoms with van der Waals surface area (Å²) in [5.41, 5.74) is 2.43. The van der Waals surface area contributed by atoms with Crippen molar-refractivity contribution in [2.24, 2.45) is 5.92 Å². The van der Waals surface area contributed by atoms with Gasteiger partial charge in [0.1, 0.15) is 6.10 Å². The predicted octanol–water partition coefficient (Wildman–Crippen LogP) is 3.16. The van der Waals surface area contributed by atoms with Crippen LogP contribution in [-0.2, 0) is 19.1 Å². The van der Waals surface area contributed by atoms with Crippen LogP contribution in [0.25, 0.3) is 0 Å². The van der Waals surface area contributed by atoms with Gasteiger partial charge >= 0.3 is 5.97 Å². The van der Waals surface area contributed by atoms with Gasteiger partial charge in [0.25, 0.3) is 5.91 Å². The van der Waals surface area contributed by atoms with Gasteiger partial charge in [-0.3, -0.25) is 14.4 Å². The minimum Gasteiger partial charge on any atom is -0.483 e. The summed E-state index contributed by atoms with van der Waals surface area (Å²) < 4.78 is 6.08. The Labute approximate surface area is 164 Å². The number of Topliss-reactive ketones (excluding diaryl/α,β-unsaturated/α-hetero) is 1. The molecule has 28 heavy (non-hydrogen) atoms. The minimum atomic E-state index is -0.894. The molecule has 1 aromatic rings. The van der Waals surface area contributed by atoms with Crippen molar-refractivity contribution < 1.29 is 24.2 Å². The van der Waals surface area contributed by atoms with Crippen LogP contribution in [0.5, 0.6) is 0 Å². The Morgan fingerprint density at radius 3 is 2.61 bits per heavy atom. The Hall–Kier alpha value is -2.63. The number of amides is 1. The number of aryl methyl sites for hydroxylation is 1. The highest BCUT2D eigenvalue weighted by molar-refractivity contribution is 6.11. The molecule has 3 atom stereocenters. The molecule has 1 aromatic carbocycles. The van der Waals surface area contributed by atoms with Crippen LogP contribution in [0.2, 0.25) is 0 Å². The number of hydrogen-bond acceptors (Lipinski definition) is 4. The minimum absolute atomic E-state index is 0.0187. The van der Waals surface area contributed by atoms with Crippen molar-refractivity contribution >= 4 is 17.7 Å². The second kappa shape index (κ2) is 7.41. The highest BCUT2D eigenvalue weighted by atomic mass is 16.5. The van der Waals surface area contributed by atoms with Crippen molar-refractivity contribution in [2.45, 2.75) is 57.6 Å². The number of carboxylic acids is 1. The van der Waals surface area contributed by atoms with Crippen LogP contribution in [0.3, 0.4) is 0 Å². The van der Waals surface area contributed by atoms with Crippen molar-refractivity contribution in [3.8, 4) is 0 Å². The van der Waals surface area contributed by atoms with E-state index in [1.807, 2.05) is 31.2 Å². The first-order chi connectivity index (χ1) is 13.5. The maximum absolute atomic E-state index is 13.4. The standard InChI is InChI=1S/C22H25NO5/c1-13-8-10-14(11-9-13)19-18-20(26)15-5-2-3-6-16(15)28-21(18)22(27)23(19)12-4-7-17(24)25/h8-11,15-16,19H,2-7,12H2,1H3,(H,24,25). The molecule has 1 amide bonds. The second-order valence-corrected chi connectivity index (χ2v) is 7.96. The summed E-state index contributed by atoms with van der Waals surface area (Å²) in [6, 6.07) is 7.31. The molecule has 4 rings (SSSR count). The number of hydrogen-bond donors (Lipinski definition) is 1. The van der Waals surface area contributed by atoms with Crippen LogP contribution in [0, 0.1) is 12.8 Å². The fourth-order valence-corrected chi connectivity index (χ4v) is 4.62. The van der Waals surface area contributed by atoms with E-state index >= 15 is 0 Å². The van der Waals surface area contributed by atoms with Crippen LogP contribution in [0.4, 0.5) is 0 Å². The van der Waals surface area contributed by atoms with Gasteiger partial charge in [0.2, 0.25) is 0 Å². The summed E-state index contributed by atoms with van der Waals surface area (Å²) in [6.45, 7) is 2.27. The van der Waals surface area contributed by atoms with Gasteiger partial charge in [-0.1, -0.05) is 36.2 Å². The number of aliphatic carboxylic acids is 1. The number of rotatable bonds is 5. The molecule has 148 valence electrons. The molecular weight excluding hydrogens is 358 g/mol. The Bertz CT molecular complexity index is 841. The lowest BCUT2D eigenvalue weighted by molar-refractivity contribution is -0.138. The van der Waals surface area contributed by atoms with E-state index in [9.17, 15) is 14.4 Å². The Morgan fingerprint density at radius 2 is 1.89 bits per heavy atom. The van der Waals surface area contributed by atoms with Crippen LogP contribution < -0.4 is 0 Å².